The summed E-state index contributed by atoms with van der Waals surface area (Å²) >= 11 is 0. The summed E-state index contributed by atoms with van der Waals surface area (Å²) in [5, 5.41) is 0. The lowest BCUT2D eigenvalue weighted by Crippen LogP contribution is -2.41. The van der Waals surface area contributed by atoms with Crippen molar-refractivity contribution < 1.29 is 14.3 Å². The van der Waals surface area contributed by atoms with E-state index in [1.807, 2.05) is 6.92 Å². The number of hydrogen-bond acceptors (Lipinski definition) is 4. The predicted octanol–water partition coefficient (Wildman–Crippen LogP) is 1.81. The number of carbonyl (C=O) groups excluding carboxylic acids is 1. The highest BCUT2D eigenvalue weighted by Crippen LogP contribution is 2.04. The highest BCUT2D eigenvalue weighted by Gasteiger charge is 2.17. The van der Waals surface area contributed by atoms with Gasteiger partial charge < -0.3 is 9.47 Å². The van der Waals surface area contributed by atoms with E-state index in [0.717, 1.165) is 13.1 Å². The average molecular weight is 229 g/mol. The zero-order valence-corrected chi connectivity index (χ0v) is 10.8. The first-order valence-electron chi connectivity index (χ1n) is 5.75. The van der Waals surface area contributed by atoms with Crippen molar-refractivity contribution in [1.29, 1.82) is 0 Å². The van der Waals surface area contributed by atoms with Gasteiger partial charge in [0, 0.05) is 12.2 Å². The van der Waals surface area contributed by atoms with Gasteiger partial charge in [-0.1, -0.05) is 20.4 Å². The van der Waals surface area contributed by atoms with Gasteiger partial charge in [0.2, 0.25) is 0 Å². The zero-order valence-electron chi connectivity index (χ0n) is 10.8. The molecule has 0 saturated carbocycles. The zero-order chi connectivity index (χ0) is 12.6. The molecule has 94 valence electrons. The van der Waals surface area contributed by atoms with E-state index < -0.39 is 0 Å². The number of carbonyl (C=O) groups is 1. The van der Waals surface area contributed by atoms with Crippen molar-refractivity contribution in [2.45, 2.75) is 33.9 Å². The second kappa shape index (κ2) is 8.30. The maximum atomic E-state index is 11.3. The molecule has 0 aliphatic heterocycles. The molecule has 4 nitrogen and oxygen atoms in total. The molecule has 0 aromatic carbocycles. The van der Waals surface area contributed by atoms with E-state index in [2.05, 4.69) is 25.3 Å². The van der Waals surface area contributed by atoms with E-state index in [9.17, 15) is 4.79 Å². The number of rotatable bonds is 8. The van der Waals surface area contributed by atoms with Gasteiger partial charge in [0.05, 0.1) is 0 Å². The van der Waals surface area contributed by atoms with E-state index in [1.54, 1.807) is 6.92 Å². The third-order valence-electron chi connectivity index (χ3n) is 2.28. The van der Waals surface area contributed by atoms with Gasteiger partial charge in [-0.25, -0.2) is 4.79 Å². The Kier molecular flexibility index (Phi) is 7.85. The molecule has 0 radical (unpaired) electrons. The van der Waals surface area contributed by atoms with E-state index in [4.69, 9.17) is 9.47 Å². The SMILES string of the molecule is C=C(C)C(=O)OCC(OCC)N(CC)CC. The lowest BCUT2D eigenvalue weighted by molar-refractivity contribution is -0.150. The molecule has 0 spiro atoms. The Morgan fingerprint density at radius 3 is 2.25 bits per heavy atom. The summed E-state index contributed by atoms with van der Waals surface area (Å²) in [5.41, 5.74) is 0.412. The summed E-state index contributed by atoms with van der Waals surface area (Å²) in [6.45, 7) is 13.8. The number of ether oxygens (including phenoxy) is 2. The van der Waals surface area contributed by atoms with E-state index in [0.29, 0.717) is 12.2 Å². The van der Waals surface area contributed by atoms with Crippen LogP contribution >= 0.6 is 0 Å². The van der Waals surface area contributed by atoms with Crippen LogP contribution < -0.4 is 0 Å². The monoisotopic (exact) mass is 229 g/mol. The molecule has 16 heavy (non-hydrogen) atoms. The van der Waals surface area contributed by atoms with Crippen LogP contribution in [0, 0.1) is 0 Å². The van der Waals surface area contributed by atoms with Crippen LogP contribution in [0.1, 0.15) is 27.7 Å². The Balaban J connectivity index is 4.21. The minimum Gasteiger partial charge on any atom is -0.458 e. The smallest absolute Gasteiger partial charge is 0.333 e. The molecule has 1 unspecified atom stereocenters. The van der Waals surface area contributed by atoms with E-state index in [1.165, 1.54) is 0 Å². The molecule has 0 fully saturated rings. The number of esters is 1. The van der Waals surface area contributed by atoms with Crippen LogP contribution in [0.4, 0.5) is 0 Å². The second-order valence-electron chi connectivity index (χ2n) is 3.51. The summed E-state index contributed by atoms with van der Waals surface area (Å²) < 4.78 is 10.6. The highest BCUT2D eigenvalue weighted by molar-refractivity contribution is 5.86. The van der Waals surface area contributed by atoms with Gasteiger partial charge in [0.15, 0.2) is 0 Å². The first-order valence-corrected chi connectivity index (χ1v) is 5.75. The Morgan fingerprint density at radius 2 is 1.88 bits per heavy atom. The van der Waals surface area contributed by atoms with Crippen molar-refractivity contribution in [3.05, 3.63) is 12.2 Å². The van der Waals surface area contributed by atoms with Crippen molar-refractivity contribution in [1.82, 2.24) is 4.90 Å². The van der Waals surface area contributed by atoms with Crippen molar-refractivity contribution in [2.75, 3.05) is 26.3 Å². The fraction of sp³-hybridized carbons (Fsp3) is 0.750. The number of nitrogens with zero attached hydrogens (tertiary/aromatic N) is 1. The van der Waals surface area contributed by atoms with E-state index in [-0.39, 0.29) is 18.8 Å². The van der Waals surface area contributed by atoms with Crippen molar-refractivity contribution in [3.63, 3.8) is 0 Å². The lowest BCUT2D eigenvalue weighted by Gasteiger charge is -2.28. The molecule has 0 aromatic rings. The molecular formula is C12H23NO3. The molecule has 0 rings (SSSR count). The largest absolute Gasteiger partial charge is 0.458 e. The van der Waals surface area contributed by atoms with Gasteiger partial charge in [-0.05, 0) is 26.9 Å². The third kappa shape index (κ3) is 5.28. The molecule has 0 N–H and O–H groups in total. The van der Waals surface area contributed by atoms with E-state index >= 15 is 0 Å². The molecule has 0 saturated heterocycles. The number of hydrogen-bond donors (Lipinski definition) is 0. The first kappa shape index (κ1) is 15.1. The van der Waals surface area contributed by atoms with Gasteiger partial charge in [0.25, 0.3) is 0 Å². The van der Waals surface area contributed by atoms with Gasteiger partial charge >= 0.3 is 5.97 Å². The Hall–Kier alpha value is -0.870. The molecule has 0 aliphatic carbocycles. The molecule has 4 heteroatoms. The third-order valence-corrected chi connectivity index (χ3v) is 2.28. The average Bonchev–Trinajstić information content (AvgIpc) is 2.26. The van der Waals surface area contributed by atoms with Gasteiger partial charge in [-0.3, -0.25) is 4.90 Å². The fourth-order valence-corrected chi connectivity index (χ4v) is 1.35. The van der Waals surface area contributed by atoms with Crippen LogP contribution in [0.5, 0.6) is 0 Å². The summed E-state index contributed by atoms with van der Waals surface area (Å²) in [6.07, 6.45) is -0.164. The van der Waals surface area contributed by atoms with Crippen LogP contribution in [-0.4, -0.2) is 43.4 Å². The van der Waals surface area contributed by atoms with Gasteiger partial charge in [-0.15, -0.1) is 0 Å². The van der Waals surface area contributed by atoms with Crippen LogP contribution in [0.3, 0.4) is 0 Å². The van der Waals surface area contributed by atoms with Crippen LogP contribution in [0.25, 0.3) is 0 Å². The Bertz CT molecular complexity index is 224. The Morgan fingerprint density at radius 1 is 1.31 bits per heavy atom. The minimum atomic E-state index is -0.364. The van der Waals surface area contributed by atoms with Crippen LogP contribution in [0.2, 0.25) is 0 Å². The summed E-state index contributed by atoms with van der Waals surface area (Å²) in [7, 11) is 0. The topological polar surface area (TPSA) is 38.8 Å². The minimum absolute atomic E-state index is 0.164. The van der Waals surface area contributed by atoms with Gasteiger partial charge in [0.1, 0.15) is 12.8 Å². The summed E-state index contributed by atoms with van der Waals surface area (Å²) in [4.78, 5) is 13.4. The molecule has 0 bridgehead atoms. The fourth-order valence-electron chi connectivity index (χ4n) is 1.35. The number of likely N-dealkylation sites (N-methyl/N-ethyl adjacent to an activating group) is 1. The van der Waals surface area contributed by atoms with Crippen LogP contribution in [0.15, 0.2) is 12.2 Å². The summed E-state index contributed by atoms with van der Waals surface area (Å²) in [6, 6.07) is 0. The Labute approximate surface area is 98.2 Å². The molecule has 0 amide bonds. The highest BCUT2D eigenvalue weighted by atomic mass is 16.6. The standard InChI is InChI=1S/C12H23NO3/c1-6-13(7-2)11(15-8-3)9-16-12(14)10(4)5/h11H,4,6-9H2,1-3,5H3. The first-order chi connectivity index (χ1) is 7.56. The van der Waals surface area contributed by atoms with Crippen molar-refractivity contribution in [3.8, 4) is 0 Å². The lowest BCUT2D eigenvalue weighted by atomic mass is 10.3. The molecule has 0 aliphatic rings. The van der Waals surface area contributed by atoms with Crippen molar-refractivity contribution >= 4 is 5.97 Å². The maximum Gasteiger partial charge on any atom is 0.333 e. The molecular weight excluding hydrogens is 206 g/mol. The quantitative estimate of drug-likeness (QED) is 0.361. The molecule has 0 aromatic heterocycles. The predicted molar refractivity (Wildman–Crippen MR) is 64.1 cm³/mol. The summed E-state index contributed by atoms with van der Waals surface area (Å²) in [5.74, 6) is -0.364. The molecule has 1 atom stereocenters. The second-order valence-corrected chi connectivity index (χ2v) is 3.51. The van der Waals surface area contributed by atoms with Crippen molar-refractivity contribution in [2.24, 2.45) is 0 Å². The molecule has 0 heterocycles. The normalized spacial score (nSPS) is 12.6. The van der Waals surface area contributed by atoms with Crippen LogP contribution in [-0.2, 0) is 14.3 Å². The maximum absolute atomic E-state index is 11.3. The van der Waals surface area contributed by atoms with Gasteiger partial charge in [-0.2, -0.15) is 0 Å².